The van der Waals surface area contributed by atoms with Gasteiger partial charge < -0.3 is 5.73 Å². The number of benzene rings is 1. The SMILES string of the molecule is Nc1ncccc1-c1ccnn1-c1ccccc1. The quantitative estimate of drug-likeness (QED) is 0.743. The van der Waals surface area contributed by atoms with Crippen molar-refractivity contribution < 1.29 is 0 Å². The molecule has 0 aliphatic carbocycles. The number of rotatable bonds is 2. The van der Waals surface area contributed by atoms with E-state index in [4.69, 9.17) is 5.73 Å². The highest BCUT2D eigenvalue weighted by Crippen LogP contribution is 2.25. The molecule has 0 aliphatic heterocycles. The largest absolute Gasteiger partial charge is 0.383 e. The van der Waals surface area contributed by atoms with Crippen LogP contribution in [0.15, 0.2) is 60.9 Å². The zero-order valence-electron chi connectivity index (χ0n) is 9.69. The summed E-state index contributed by atoms with van der Waals surface area (Å²) in [7, 11) is 0. The number of pyridine rings is 1. The molecule has 4 heteroatoms. The second-order valence-corrected chi connectivity index (χ2v) is 3.90. The van der Waals surface area contributed by atoms with Crippen LogP contribution in [0, 0.1) is 0 Å². The van der Waals surface area contributed by atoms with Gasteiger partial charge in [-0.3, -0.25) is 0 Å². The van der Waals surface area contributed by atoms with Crippen LogP contribution in [0.4, 0.5) is 5.82 Å². The first-order chi connectivity index (χ1) is 8.86. The Morgan fingerprint density at radius 3 is 2.50 bits per heavy atom. The Hall–Kier alpha value is -2.62. The molecular formula is C14H12N4. The van der Waals surface area contributed by atoms with Crippen LogP contribution in [0.5, 0.6) is 0 Å². The predicted octanol–water partition coefficient (Wildman–Crippen LogP) is 2.52. The van der Waals surface area contributed by atoms with Crippen LogP contribution in [-0.4, -0.2) is 14.8 Å². The summed E-state index contributed by atoms with van der Waals surface area (Å²) in [6.45, 7) is 0. The van der Waals surface area contributed by atoms with Crippen LogP contribution >= 0.6 is 0 Å². The number of anilines is 1. The van der Waals surface area contributed by atoms with E-state index in [1.54, 1.807) is 12.4 Å². The highest BCUT2D eigenvalue weighted by atomic mass is 15.3. The number of aromatic nitrogens is 3. The van der Waals surface area contributed by atoms with Gasteiger partial charge in [0.15, 0.2) is 0 Å². The lowest BCUT2D eigenvalue weighted by molar-refractivity contribution is 0.888. The number of nitrogens with zero attached hydrogens (tertiary/aromatic N) is 3. The molecule has 4 nitrogen and oxygen atoms in total. The van der Waals surface area contributed by atoms with E-state index in [-0.39, 0.29) is 0 Å². The van der Waals surface area contributed by atoms with Crippen molar-refractivity contribution in [1.82, 2.24) is 14.8 Å². The zero-order chi connectivity index (χ0) is 12.4. The van der Waals surface area contributed by atoms with Crippen LogP contribution < -0.4 is 5.73 Å². The van der Waals surface area contributed by atoms with E-state index in [2.05, 4.69) is 10.1 Å². The highest BCUT2D eigenvalue weighted by molar-refractivity contribution is 5.71. The molecule has 0 unspecified atom stereocenters. The lowest BCUT2D eigenvalue weighted by Crippen LogP contribution is -2.01. The van der Waals surface area contributed by atoms with E-state index >= 15 is 0 Å². The lowest BCUT2D eigenvalue weighted by atomic mass is 10.2. The molecular weight excluding hydrogens is 224 g/mol. The fraction of sp³-hybridized carbons (Fsp3) is 0. The molecule has 0 bridgehead atoms. The maximum Gasteiger partial charge on any atom is 0.132 e. The van der Waals surface area contributed by atoms with Crippen LogP contribution in [0.2, 0.25) is 0 Å². The third-order valence-electron chi connectivity index (χ3n) is 2.76. The minimum atomic E-state index is 0.509. The minimum Gasteiger partial charge on any atom is -0.383 e. The smallest absolute Gasteiger partial charge is 0.132 e. The monoisotopic (exact) mass is 236 g/mol. The lowest BCUT2D eigenvalue weighted by Gasteiger charge is -2.08. The summed E-state index contributed by atoms with van der Waals surface area (Å²) in [4.78, 5) is 4.11. The second kappa shape index (κ2) is 4.33. The fourth-order valence-corrected chi connectivity index (χ4v) is 1.92. The minimum absolute atomic E-state index is 0.509. The van der Waals surface area contributed by atoms with Crippen molar-refractivity contribution in [2.24, 2.45) is 0 Å². The van der Waals surface area contributed by atoms with Gasteiger partial charge in [0.2, 0.25) is 0 Å². The van der Waals surface area contributed by atoms with Gasteiger partial charge in [0.25, 0.3) is 0 Å². The van der Waals surface area contributed by atoms with E-state index in [0.717, 1.165) is 16.9 Å². The molecule has 18 heavy (non-hydrogen) atoms. The molecule has 0 radical (unpaired) electrons. The van der Waals surface area contributed by atoms with Gasteiger partial charge in [-0.15, -0.1) is 0 Å². The van der Waals surface area contributed by atoms with Gasteiger partial charge in [0, 0.05) is 11.8 Å². The maximum atomic E-state index is 5.91. The summed E-state index contributed by atoms with van der Waals surface area (Å²) < 4.78 is 1.85. The van der Waals surface area contributed by atoms with Crippen molar-refractivity contribution in [2.75, 3.05) is 5.73 Å². The van der Waals surface area contributed by atoms with Gasteiger partial charge in [-0.2, -0.15) is 5.10 Å². The average Bonchev–Trinajstić information content (AvgIpc) is 2.89. The first-order valence-electron chi connectivity index (χ1n) is 5.66. The first-order valence-corrected chi connectivity index (χ1v) is 5.66. The standard InChI is InChI=1S/C14H12N4/c15-14-12(7-4-9-16-14)13-8-10-17-18(13)11-5-2-1-3-6-11/h1-10H,(H2,15,16). The molecule has 1 aromatic carbocycles. The molecule has 2 heterocycles. The first kappa shape index (κ1) is 10.5. The fourth-order valence-electron chi connectivity index (χ4n) is 1.92. The molecule has 0 fully saturated rings. The second-order valence-electron chi connectivity index (χ2n) is 3.90. The third-order valence-corrected chi connectivity index (χ3v) is 2.76. The van der Waals surface area contributed by atoms with E-state index in [1.165, 1.54) is 0 Å². The molecule has 0 amide bonds. The van der Waals surface area contributed by atoms with Crippen LogP contribution in [0.25, 0.3) is 16.9 Å². The van der Waals surface area contributed by atoms with Crippen LogP contribution in [0.1, 0.15) is 0 Å². The summed E-state index contributed by atoms with van der Waals surface area (Å²) in [5, 5.41) is 4.34. The van der Waals surface area contributed by atoms with Crippen LogP contribution in [-0.2, 0) is 0 Å². The number of hydrogen-bond donors (Lipinski definition) is 1. The van der Waals surface area contributed by atoms with Crippen molar-refractivity contribution in [3.8, 4) is 16.9 Å². The molecule has 0 atom stereocenters. The van der Waals surface area contributed by atoms with Crippen molar-refractivity contribution >= 4 is 5.82 Å². The Bertz CT molecular complexity index is 658. The number of nitrogen functional groups attached to an aromatic ring is 1. The number of nitrogens with two attached hydrogens (primary N) is 1. The molecule has 0 aliphatic rings. The molecule has 2 N–H and O–H groups in total. The Labute approximate surface area is 105 Å². The molecule has 3 aromatic rings. The summed E-state index contributed by atoms with van der Waals surface area (Å²) in [6.07, 6.45) is 3.44. The van der Waals surface area contributed by atoms with Crippen molar-refractivity contribution in [3.63, 3.8) is 0 Å². The molecule has 3 rings (SSSR count). The van der Waals surface area contributed by atoms with Gasteiger partial charge in [-0.1, -0.05) is 18.2 Å². The molecule has 0 saturated carbocycles. The Balaban J connectivity index is 2.16. The van der Waals surface area contributed by atoms with Crippen molar-refractivity contribution in [3.05, 3.63) is 60.9 Å². The zero-order valence-corrected chi connectivity index (χ0v) is 9.69. The molecule has 0 spiro atoms. The summed E-state index contributed by atoms with van der Waals surface area (Å²) >= 11 is 0. The maximum absolute atomic E-state index is 5.91. The van der Waals surface area contributed by atoms with E-state index in [9.17, 15) is 0 Å². The molecule has 2 aromatic heterocycles. The van der Waals surface area contributed by atoms with Crippen LogP contribution in [0.3, 0.4) is 0 Å². The van der Waals surface area contributed by atoms with Gasteiger partial charge >= 0.3 is 0 Å². The Morgan fingerprint density at radius 2 is 1.72 bits per heavy atom. The Kier molecular flexibility index (Phi) is 2.53. The average molecular weight is 236 g/mol. The van der Waals surface area contributed by atoms with Gasteiger partial charge in [0.1, 0.15) is 5.82 Å². The summed E-state index contributed by atoms with van der Waals surface area (Å²) in [5.41, 5.74) is 8.73. The van der Waals surface area contributed by atoms with E-state index < -0.39 is 0 Å². The predicted molar refractivity (Wildman–Crippen MR) is 71.2 cm³/mol. The van der Waals surface area contributed by atoms with Crippen molar-refractivity contribution in [2.45, 2.75) is 0 Å². The number of hydrogen-bond acceptors (Lipinski definition) is 3. The molecule has 0 saturated heterocycles. The van der Waals surface area contributed by atoms with E-state index in [0.29, 0.717) is 5.82 Å². The van der Waals surface area contributed by atoms with Crippen molar-refractivity contribution in [1.29, 1.82) is 0 Å². The van der Waals surface area contributed by atoms with Gasteiger partial charge in [-0.05, 0) is 30.3 Å². The van der Waals surface area contributed by atoms with Gasteiger partial charge in [-0.25, -0.2) is 9.67 Å². The molecule has 88 valence electrons. The summed E-state index contributed by atoms with van der Waals surface area (Å²) in [5.74, 6) is 0.509. The summed E-state index contributed by atoms with van der Waals surface area (Å²) in [6, 6.07) is 15.7. The third kappa shape index (κ3) is 1.73. The number of para-hydroxylation sites is 1. The topological polar surface area (TPSA) is 56.7 Å². The highest BCUT2D eigenvalue weighted by Gasteiger charge is 2.09. The normalized spacial score (nSPS) is 10.4. The van der Waals surface area contributed by atoms with E-state index in [1.807, 2.05) is 53.2 Å². The van der Waals surface area contributed by atoms with Gasteiger partial charge in [0.05, 0.1) is 17.6 Å². The Morgan fingerprint density at radius 1 is 0.889 bits per heavy atom.